The van der Waals surface area contributed by atoms with Crippen LogP contribution in [0.4, 0.5) is 0 Å². The van der Waals surface area contributed by atoms with Crippen molar-refractivity contribution in [2.45, 2.75) is 33.6 Å². The van der Waals surface area contributed by atoms with Gasteiger partial charge in [-0.05, 0) is 75.9 Å². The summed E-state index contributed by atoms with van der Waals surface area (Å²) in [5.41, 5.74) is 2.80. The van der Waals surface area contributed by atoms with Crippen LogP contribution < -0.4 is 0 Å². The van der Waals surface area contributed by atoms with E-state index in [0.717, 1.165) is 12.0 Å². The van der Waals surface area contributed by atoms with E-state index < -0.39 is 5.78 Å². The van der Waals surface area contributed by atoms with Crippen LogP contribution in [0.15, 0.2) is 60.2 Å². The molecule has 0 amide bonds. The highest BCUT2D eigenvalue weighted by Crippen LogP contribution is 2.35. The van der Waals surface area contributed by atoms with Crippen LogP contribution in [0.3, 0.4) is 0 Å². The van der Waals surface area contributed by atoms with Gasteiger partial charge in [0, 0.05) is 17.2 Å². The molecule has 1 atom stereocenters. The minimum atomic E-state index is -0.475. The van der Waals surface area contributed by atoms with Crippen molar-refractivity contribution in [1.82, 2.24) is 0 Å². The Morgan fingerprint density at radius 2 is 1.73 bits per heavy atom. The van der Waals surface area contributed by atoms with E-state index in [1.165, 1.54) is 48.1 Å². The van der Waals surface area contributed by atoms with Crippen LogP contribution >= 0.6 is 0 Å². The number of aromatic hydroxyl groups is 4. The Morgan fingerprint density at radius 1 is 1.03 bits per heavy atom. The van der Waals surface area contributed by atoms with E-state index in [1.54, 1.807) is 0 Å². The molecule has 0 spiro atoms. The molecule has 2 aromatic rings. The molecule has 0 aliphatic rings. The molecule has 4 N–H and O–H groups in total. The maximum absolute atomic E-state index is 12.6. The molecule has 0 saturated heterocycles. The largest absolute Gasteiger partial charge is 0.508 e. The zero-order chi connectivity index (χ0) is 22.4. The molecule has 0 bridgehead atoms. The molecule has 2 rings (SSSR count). The Kier molecular flexibility index (Phi) is 7.48. The summed E-state index contributed by atoms with van der Waals surface area (Å²) >= 11 is 0. The summed E-state index contributed by atoms with van der Waals surface area (Å²) in [4.78, 5) is 12.6. The molecular weight excluding hydrogens is 380 g/mol. The zero-order valence-corrected chi connectivity index (χ0v) is 17.5. The van der Waals surface area contributed by atoms with Crippen molar-refractivity contribution in [2.24, 2.45) is 5.92 Å². The lowest BCUT2D eigenvalue weighted by Crippen LogP contribution is -2.07. The molecule has 0 saturated carbocycles. The summed E-state index contributed by atoms with van der Waals surface area (Å²) < 4.78 is 0. The normalized spacial score (nSPS) is 12.0. The summed E-state index contributed by atoms with van der Waals surface area (Å²) in [6, 6.07) is 6.79. The van der Waals surface area contributed by atoms with Gasteiger partial charge in [-0.1, -0.05) is 23.8 Å². The molecule has 158 valence electrons. The summed E-state index contributed by atoms with van der Waals surface area (Å²) in [6.07, 6.45) is 5.76. The number of allylic oxidation sites excluding steroid dienone is 4. The number of carbonyl (C=O) groups is 1. The maximum atomic E-state index is 12.6. The van der Waals surface area contributed by atoms with Crippen LogP contribution in [0.2, 0.25) is 0 Å². The van der Waals surface area contributed by atoms with Gasteiger partial charge in [-0.2, -0.15) is 0 Å². The first-order chi connectivity index (χ1) is 14.1. The fraction of sp³-hybridized carbons (Fsp3) is 0.240. The monoisotopic (exact) mass is 408 g/mol. The smallest absolute Gasteiger partial charge is 0.189 e. The minimum absolute atomic E-state index is 0.00605. The highest BCUT2D eigenvalue weighted by Gasteiger charge is 2.20. The standard InChI is InChI=1S/C25H28O5/c1-15(2)5-6-18(16(3)4)13-21-23(28)12-10-20(25(21)30)22(27)11-8-17-7-9-19(26)14-24(17)29/h5,7-12,14,18,26,28-30H,3,6,13H2,1-2,4H3/t18-/m0/s1. The fourth-order valence-corrected chi connectivity index (χ4v) is 3.04. The number of ketones is 1. The molecule has 2 aromatic carbocycles. The lowest BCUT2D eigenvalue weighted by molar-refractivity contribution is 0.104. The molecule has 0 radical (unpaired) electrons. The molecule has 0 heterocycles. The first-order valence-electron chi connectivity index (χ1n) is 9.67. The molecule has 0 aliphatic heterocycles. The number of rotatable bonds is 8. The second-order valence-corrected chi connectivity index (χ2v) is 7.66. The van der Waals surface area contributed by atoms with E-state index in [4.69, 9.17) is 0 Å². The Bertz CT molecular complexity index is 1010. The van der Waals surface area contributed by atoms with Crippen LogP contribution in [0, 0.1) is 5.92 Å². The molecule has 0 aliphatic carbocycles. The highest BCUT2D eigenvalue weighted by atomic mass is 16.3. The summed E-state index contributed by atoms with van der Waals surface area (Å²) in [5, 5.41) is 40.2. The lowest BCUT2D eigenvalue weighted by Gasteiger charge is -2.18. The molecule has 0 aromatic heterocycles. The number of hydrogen-bond acceptors (Lipinski definition) is 5. The van der Waals surface area contributed by atoms with Gasteiger partial charge in [0.25, 0.3) is 0 Å². The number of carbonyl (C=O) groups excluding carboxylic acids is 1. The Labute approximate surface area is 177 Å². The van der Waals surface area contributed by atoms with E-state index in [1.807, 2.05) is 20.8 Å². The number of phenolic OH excluding ortho intramolecular Hbond substituents is 4. The fourth-order valence-electron chi connectivity index (χ4n) is 3.04. The van der Waals surface area contributed by atoms with Gasteiger partial charge in [0.05, 0.1) is 5.56 Å². The molecule has 5 nitrogen and oxygen atoms in total. The van der Waals surface area contributed by atoms with Crippen LogP contribution in [0.1, 0.15) is 48.7 Å². The van der Waals surface area contributed by atoms with Crippen molar-refractivity contribution in [3.05, 3.63) is 76.9 Å². The topological polar surface area (TPSA) is 98.0 Å². The summed E-state index contributed by atoms with van der Waals surface area (Å²) in [7, 11) is 0. The zero-order valence-electron chi connectivity index (χ0n) is 17.5. The number of benzene rings is 2. The number of phenols is 4. The molecule has 0 fully saturated rings. The average Bonchev–Trinajstić information content (AvgIpc) is 2.66. The molecule has 30 heavy (non-hydrogen) atoms. The van der Waals surface area contributed by atoms with Crippen LogP contribution in [-0.2, 0) is 6.42 Å². The van der Waals surface area contributed by atoms with E-state index in [9.17, 15) is 25.2 Å². The van der Waals surface area contributed by atoms with Crippen molar-refractivity contribution in [3.63, 3.8) is 0 Å². The van der Waals surface area contributed by atoms with Gasteiger partial charge in [-0.15, -0.1) is 0 Å². The third-order valence-electron chi connectivity index (χ3n) is 4.91. The second kappa shape index (κ2) is 9.83. The third kappa shape index (κ3) is 5.77. The summed E-state index contributed by atoms with van der Waals surface area (Å²) in [6.45, 7) is 9.92. The van der Waals surface area contributed by atoms with Crippen molar-refractivity contribution >= 4 is 11.9 Å². The van der Waals surface area contributed by atoms with Gasteiger partial charge in [-0.3, -0.25) is 4.79 Å². The first-order valence-corrected chi connectivity index (χ1v) is 9.67. The van der Waals surface area contributed by atoms with Crippen molar-refractivity contribution in [3.8, 4) is 23.0 Å². The average molecular weight is 408 g/mol. The van der Waals surface area contributed by atoms with Gasteiger partial charge in [0.15, 0.2) is 5.78 Å². The van der Waals surface area contributed by atoms with Gasteiger partial charge in [0.1, 0.15) is 23.0 Å². The van der Waals surface area contributed by atoms with Crippen LogP contribution in [-0.4, -0.2) is 26.2 Å². The van der Waals surface area contributed by atoms with Gasteiger partial charge < -0.3 is 20.4 Å². The highest BCUT2D eigenvalue weighted by molar-refractivity contribution is 6.09. The SMILES string of the molecule is C=C(C)[C@@H](CC=C(C)C)Cc1c(O)ccc(C(=O)C=Cc2ccc(O)cc2O)c1O. The van der Waals surface area contributed by atoms with E-state index in [2.05, 4.69) is 12.7 Å². The van der Waals surface area contributed by atoms with E-state index in [0.29, 0.717) is 17.5 Å². The predicted molar refractivity (Wildman–Crippen MR) is 119 cm³/mol. The predicted octanol–water partition coefficient (Wildman–Crippen LogP) is 5.50. The first kappa shape index (κ1) is 22.8. The third-order valence-corrected chi connectivity index (χ3v) is 4.91. The Morgan fingerprint density at radius 3 is 2.33 bits per heavy atom. The van der Waals surface area contributed by atoms with E-state index in [-0.39, 0.29) is 34.5 Å². The number of hydrogen-bond donors (Lipinski definition) is 4. The second-order valence-electron chi connectivity index (χ2n) is 7.66. The maximum Gasteiger partial charge on any atom is 0.189 e. The van der Waals surface area contributed by atoms with Gasteiger partial charge >= 0.3 is 0 Å². The van der Waals surface area contributed by atoms with Crippen molar-refractivity contribution < 1.29 is 25.2 Å². The summed E-state index contributed by atoms with van der Waals surface area (Å²) in [5.74, 6) is -1.06. The van der Waals surface area contributed by atoms with Crippen LogP contribution in [0.25, 0.3) is 6.08 Å². The Hall–Kier alpha value is -3.47. The molecular formula is C25H28O5. The van der Waals surface area contributed by atoms with Gasteiger partial charge in [-0.25, -0.2) is 0 Å². The van der Waals surface area contributed by atoms with Crippen molar-refractivity contribution in [2.75, 3.05) is 0 Å². The Balaban J connectivity index is 2.32. The minimum Gasteiger partial charge on any atom is -0.508 e. The molecule has 5 heteroatoms. The van der Waals surface area contributed by atoms with Gasteiger partial charge in [0.2, 0.25) is 0 Å². The molecule has 0 unspecified atom stereocenters. The quantitative estimate of drug-likeness (QED) is 0.263. The lowest BCUT2D eigenvalue weighted by atomic mass is 9.88. The van der Waals surface area contributed by atoms with Crippen molar-refractivity contribution in [1.29, 1.82) is 0 Å². The van der Waals surface area contributed by atoms with Crippen LogP contribution in [0.5, 0.6) is 23.0 Å². The van der Waals surface area contributed by atoms with E-state index >= 15 is 0 Å².